The van der Waals surface area contributed by atoms with Crippen LogP contribution in [0.15, 0.2) is 41.8 Å². The van der Waals surface area contributed by atoms with Gasteiger partial charge in [0.05, 0.1) is 23.4 Å². The van der Waals surface area contributed by atoms with Crippen LogP contribution in [0.25, 0.3) is 11.3 Å². The number of hydrogen-bond acceptors (Lipinski definition) is 4. The van der Waals surface area contributed by atoms with Crippen molar-refractivity contribution in [2.75, 3.05) is 12.4 Å². The van der Waals surface area contributed by atoms with Crippen molar-refractivity contribution in [3.05, 3.63) is 63.0 Å². The molecule has 0 fully saturated rings. The minimum absolute atomic E-state index is 0.299. The number of ether oxygens (including phenoxy) is 1. The molecule has 0 saturated heterocycles. The van der Waals surface area contributed by atoms with E-state index in [1.807, 2.05) is 30.5 Å². The molecule has 0 atom stereocenters. The number of halogens is 2. The van der Waals surface area contributed by atoms with Crippen molar-refractivity contribution in [3.63, 3.8) is 0 Å². The SMILES string of the molecule is COc1ccc(-c2csc(NC(=O)c3ccc(Cl)cc3Cl)n2)c(C)c1. The molecule has 0 radical (unpaired) electrons. The molecule has 0 aliphatic rings. The highest BCUT2D eigenvalue weighted by atomic mass is 35.5. The van der Waals surface area contributed by atoms with Crippen LogP contribution in [-0.2, 0) is 0 Å². The van der Waals surface area contributed by atoms with Crippen LogP contribution in [0.1, 0.15) is 15.9 Å². The lowest BCUT2D eigenvalue weighted by molar-refractivity contribution is 0.102. The normalized spacial score (nSPS) is 10.6. The summed E-state index contributed by atoms with van der Waals surface area (Å²) in [6.45, 7) is 1.99. The Balaban J connectivity index is 1.81. The van der Waals surface area contributed by atoms with Gasteiger partial charge in [0, 0.05) is 16.0 Å². The Kier molecular flexibility index (Phi) is 5.27. The number of aromatic nitrogens is 1. The largest absolute Gasteiger partial charge is 0.497 e. The second-order valence-corrected chi connectivity index (χ2v) is 7.00. The van der Waals surface area contributed by atoms with Gasteiger partial charge in [-0.05, 0) is 48.9 Å². The summed E-state index contributed by atoms with van der Waals surface area (Å²) in [5, 5.41) is 5.94. The summed E-state index contributed by atoms with van der Waals surface area (Å²) >= 11 is 13.3. The summed E-state index contributed by atoms with van der Waals surface area (Å²) < 4.78 is 5.22. The predicted octanol–water partition coefficient (Wildman–Crippen LogP) is 5.69. The van der Waals surface area contributed by atoms with Crippen molar-refractivity contribution in [2.24, 2.45) is 0 Å². The molecule has 128 valence electrons. The second kappa shape index (κ2) is 7.44. The highest BCUT2D eigenvalue weighted by Crippen LogP contribution is 2.30. The summed E-state index contributed by atoms with van der Waals surface area (Å²) in [5.41, 5.74) is 3.18. The topological polar surface area (TPSA) is 51.2 Å². The number of carbonyl (C=O) groups is 1. The summed E-state index contributed by atoms with van der Waals surface area (Å²) in [4.78, 5) is 16.8. The number of benzene rings is 2. The lowest BCUT2D eigenvalue weighted by atomic mass is 10.1. The Bertz CT molecular complexity index is 941. The van der Waals surface area contributed by atoms with Gasteiger partial charge in [0.2, 0.25) is 0 Å². The van der Waals surface area contributed by atoms with Crippen LogP contribution >= 0.6 is 34.5 Å². The van der Waals surface area contributed by atoms with Gasteiger partial charge in [-0.2, -0.15) is 0 Å². The van der Waals surface area contributed by atoms with Gasteiger partial charge < -0.3 is 4.74 Å². The van der Waals surface area contributed by atoms with E-state index >= 15 is 0 Å². The van der Waals surface area contributed by atoms with E-state index in [2.05, 4.69) is 10.3 Å². The van der Waals surface area contributed by atoms with Gasteiger partial charge in [0.15, 0.2) is 5.13 Å². The van der Waals surface area contributed by atoms with Gasteiger partial charge in [-0.3, -0.25) is 10.1 Å². The zero-order valence-electron chi connectivity index (χ0n) is 13.5. The van der Waals surface area contributed by atoms with Crippen LogP contribution in [0.3, 0.4) is 0 Å². The average Bonchev–Trinajstić information content (AvgIpc) is 3.02. The Hall–Kier alpha value is -2.08. The maximum Gasteiger partial charge on any atom is 0.258 e. The van der Waals surface area contributed by atoms with E-state index in [0.29, 0.717) is 20.7 Å². The van der Waals surface area contributed by atoms with Gasteiger partial charge in [0.1, 0.15) is 5.75 Å². The standard InChI is InChI=1S/C18H14Cl2N2O2S/c1-10-7-12(24-2)4-6-13(10)16-9-25-18(21-16)22-17(23)14-5-3-11(19)8-15(14)20/h3-9H,1-2H3,(H,21,22,23). The number of anilines is 1. The second-order valence-electron chi connectivity index (χ2n) is 5.30. The van der Waals surface area contributed by atoms with Crippen molar-refractivity contribution in [1.29, 1.82) is 0 Å². The lowest BCUT2D eigenvalue weighted by Gasteiger charge is -2.06. The molecular formula is C18H14Cl2N2O2S. The number of nitrogens with zero attached hydrogens (tertiary/aromatic N) is 1. The third kappa shape index (κ3) is 3.95. The quantitative estimate of drug-likeness (QED) is 0.620. The third-order valence-electron chi connectivity index (χ3n) is 3.61. The molecule has 1 heterocycles. The molecule has 0 saturated carbocycles. The molecule has 0 aliphatic heterocycles. The molecule has 3 aromatic rings. The van der Waals surface area contributed by atoms with E-state index in [1.54, 1.807) is 19.2 Å². The molecule has 0 bridgehead atoms. The predicted molar refractivity (Wildman–Crippen MR) is 103 cm³/mol. The van der Waals surface area contributed by atoms with E-state index in [4.69, 9.17) is 27.9 Å². The van der Waals surface area contributed by atoms with E-state index in [-0.39, 0.29) is 5.91 Å². The Labute approximate surface area is 159 Å². The Morgan fingerprint density at radius 2 is 2.00 bits per heavy atom. The summed E-state index contributed by atoms with van der Waals surface area (Å²) in [6, 6.07) is 10.5. The van der Waals surface area contributed by atoms with Crippen molar-refractivity contribution >= 4 is 45.6 Å². The molecule has 3 rings (SSSR count). The summed E-state index contributed by atoms with van der Waals surface area (Å²) in [6.07, 6.45) is 0. The first-order valence-corrected chi connectivity index (χ1v) is 8.98. The molecule has 1 aromatic heterocycles. The minimum atomic E-state index is -0.325. The van der Waals surface area contributed by atoms with Crippen molar-refractivity contribution in [2.45, 2.75) is 6.92 Å². The molecule has 0 unspecified atom stereocenters. The number of aryl methyl sites for hydroxylation is 1. The number of rotatable bonds is 4. The molecule has 25 heavy (non-hydrogen) atoms. The van der Waals surface area contributed by atoms with Crippen molar-refractivity contribution in [3.8, 4) is 17.0 Å². The lowest BCUT2D eigenvalue weighted by Crippen LogP contribution is -2.12. The van der Waals surface area contributed by atoms with Crippen LogP contribution in [0.2, 0.25) is 10.0 Å². The number of thiazole rings is 1. The molecule has 2 aromatic carbocycles. The van der Waals surface area contributed by atoms with E-state index < -0.39 is 0 Å². The number of carbonyl (C=O) groups excluding carboxylic acids is 1. The van der Waals surface area contributed by atoms with E-state index in [9.17, 15) is 4.79 Å². The Morgan fingerprint density at radius 3 is 2.68 bits per heavy atom. The fourth-order valence-electron chi connectivity index (χ4n) is 2.34. The zero-order chi connectivity index (χ0) is 18.0. The first kappa shape index (κ1) is 17.7. The molecule has 1 N–H and O–H groups in total. The maximum absolute atomic E-state index is 12.4. The third-order valence-corrected chi connectivity index (χ3v) is 4.92. The fourth-order valence-corrected chi connectivity index (χ4v) is 3.54. The first-order valence-electron chi connectivity index (χ1n) is 7.35. The average molecular weight is 393 g/mol. The van der Waals surface area contributed by atoms with Crippen LogP contribution < -0.4 is 10.1 Å². The summed E-state index contributed by atoms with van der Waals surface area (Å²) in [7, 11) is 1.63. The number of methoxy groups -OCH3 is 1. The minimum Gasteiger partial charge on any atom is -0.497 e. The van der Waals surface area contributed by atoms with Crippen LogP contribution in [0, 0.1) is 6.92 Å². The zero-order valence-corrected chi connectivity index (χ0v) is 15.8. The highest BCUT2D eigenvalue weighted by Gasteiger charge is 2.14. The number of amides is 1. The number of hydrogen-bond donors (Lipinski definition) is 1. The van der Waals surface area contributed by atoms with Gasteiger partial charge in [-0.25, -0.2) is 4.98 Å². The molecule has 1 amide bonds. The first-order chi connectivity index (χ1) is 12.0. The monoisotopic (exact) mass is 392 g/mol. The smallest absolute Gasteiger partial charge is 0.258 e. The molecule has 0 aliphatic carbocycles. The van der Waals surface area contributed by atoms with Crippen LogP contribution in [-0.4, -0.2) is 18.0 Å². The van der Waals surface area contributed by atoms with Crippen molar-refractivity contribution < 1.29 is 9.53 Å². The molecule has 7 heteroatoms. The highest BCUT2D eigenvalue weighted by molar-refractivity contribution is 7.14. The summed E-state index contributed by atoms with van der Waals surface area (Å²) in [5.74, 6) is 0.469. The van der Waals surface area contributed by atoms with Crippen LogP contribution in [0.5, 0.6) is 5.75 Å². The van der Waals surface area contributed by atoms with Gasteiger partial charge in [0.25, 0.3) is 5.91 Å². The molecule has 0 spiro atoms. The molecule has 4 nitrogen and oxygen atoms in total. The maximum atomic E-state index is 12.4. The van der Waals surface area contributed by atoms with Gasteiger partial charge in [-0.1, -0.05) is 23.2 Å². The van der Waals surface area contributed by atoms with Crippen LogP contribution in [0.4, 0.5) is 5.13 Å². The van der Waals surface area contributed by atoms with Gasteiger partial charge >= 0.3 is 0 Å². The van der Waals surface area contributed by atoms with Gasteiger partial charge in [-0.15, -0.1) is 11.3 Å². The molecular weight excluding hydrogens is 379 g/mol. The fraction of sp³-hybridized carbons (Fsp3) is 0.111. The number of nitrogens with one attached hydrogen (secondary N) is 1. The van der Waals surface area contributed by atoms with Crippen molar-refractivity contribution in [1.82, 2.24) is 4.98 Å². The van der Waals surface area contributed by atoms with E-state index in [1.165, 1.54) is 17.4 Å². The Morgan fingerprint density at radius 1 is 1.20 bits per heavy atom. The van der Waals surface area contributed by atoms with E-state index in [0.717, 1.165) is 22.6 Å².